The number of halogens is 1. The second-order valence-electron chi connectivity index (χ2n) is 10.8. The summed E-state index contributed by atoms with van der Waals surface area (Å²) in [4.78, 5) is 30.7. The molecule has 1 aliphatic heterocycles. The predicted molar refractivity (Wildman–Crippen MR) is 168 cm³/mol. The number of aromatic amines is 1. The molecule has 1 N–H and O–H groups in total. The van der Waals surface area contributed by atoms with Gasteiger partial charge in [0.15, 0.2) is 0 Å². The highest BCUT2D eigenvalue weighted by atomic mass is 79.9. The molecule has 3 aromatic heterocycles. The molecule has 1 aliphatic rings. The molecule has 3 aromatic carbocycles. The van der Waals surface area contributed by atoms with Crippen molar-refractivity contribution in [2.45, 2.75) is 31.8 Å². The summed E-state index contributed by atoms with van der Waals surface area (Å²) in [6.45, 7) is 1.82. The number of carbonyl (C=O) groups excluding carboxylic acids is 1. The van der Waals surface area contributed by atoms with Gasteiger partial charge in [0.05, 0.1) is 18.8 Å². The Balaban J connectivity index is 1.09. The minimum atomic E-state index is -0.258. The third-order valence-electron chi connectivity index (χ3n) is 8.18. The van der Waals surface area contributed by atoms with Crippen LogP contribution in [0.3, 0.4) is 0 Å². The van der Waals surface area contributed by atoms with Crippen molar-refractivity contribution in [1.82, 2.24) is 29.4 Å². The molecule has 0 spiro atoms. The average molecular weight is 622 g/mol. The van der Waals surface area contributed by atoms with Gasteiger partial charge in [0.2, 0.25) is 0 Å². The largest absolute Gasteiger partial charge is 0.337 e. The molecule has 6 aromatic rings. The molecule has 8 nitrogen and oxygen atoms in total. The second kappa shape index (κ2) is 11.1. The smallest absolute Gasteiger partial charge is 0.270 e. The number of nitrogens with zero attached hydrogens (tertiary/aromatic N) is 5. The number of likely N-dealkylation sites (tertiary alicyclic amines) is 1. The Kier molecular flexibility index (Phi) is 6.95. The first kappa shape index (κ1) is 26.4. The van der Waals surface area contributed by atoms with Crippen LogP contribution in [0.25, 0.3) is 32.9 Å². The topological polar surface area (TPSA) is 88.8 Å². The van der Waals surface area contributed by atoms with E-state index in [9.17, 15) is 9.59 Å². The molecule has 210 valence electrons. The highest BCUT2D eigenvalue weighted by Crippen LogP contribution is 2.30. The standard InChI is InChI=1S/C33H29BrN6O2/c34-28-13-6-12-26-27(28)19-29(35-32(26)41)33(42)38-16-7-11-25(15-17-38)40-21-24(36-37-40)20-39-30-14-5-4-10-23(30)18-31(39)22-8-2-1-3-9-22/h1-6,8-10,12-14,18-19,21,25H,7,11,15-17,20H2,(H,35,41). The van der Waals surface area contributed by atoms with E-state index in [-0.39, 0.29) is 17.5 Å². The van der Waals surface area contributed by atoms with Crippen LogP contribution in [0.5, 0.6) is 0 Å². The minimum absolute atomic E-state index is 0.142. The second-order valence-corrected chi connectivity index (χ2v) is 11.7. The van der Waals surface area contributed by atoms with Gasteiger partial charge in [0.1, 0.15) is 11.4 Å². The van der Waals surface area contributed by atoms with E-state index in [2.05, 4.69) is 90.4 Å². The third kappa shape index (κ3) is 4.94. The van der Waals surface area contributed by atoms with Gasteiger partial charge in [-0.25, -0.2) is 4.68 Å². The van der Waals surface area contributed by atoms with Gasteiger partial charge >= 0.3 is 0 Å². The Labute approximate surface area is 250 Å². The van der Waals surface area contributed by atoms with Crippen LogP contribution in [0, 0.1) is 0 Å². The number of amides is 1. The first-order chi connectivity index (χ1) is 20.5. The number of benzene rings is 3. The lowest BCUT2D eigenvalue weighted by Crippen LogP contribution is -2.33. The summed E-state index contributed by atoms with van der Waals surface area (Å²) in [6, 6.07) is 28.4. The molecule has 0 bridgehead atoms. The number of hydrogen-bond acceptors (Lipinski definition) is 4. The summed E-state index contributed by atoms with van der Waals surface area (Å²) in [5.74, 6) is -0.155. The zero-order valence-electron chi connectivity index (χ0n) is 22.9. The maximum atomic E-state index is 13.4. The average Bonchev–Trinajstić information content (AvgIpc) is 3.55. The number of rotatable bonds is 5. The lowest BCUT2D eigenvalue weighted by atomic mass is 10.1. The van der Waals surface area contributed by atoms with Crippen molar-refractivity contribution in [3.05, 3.63) is 117 Å². The van der Waals surface area contributed by atoms with Crippen LogP contribution in [-0.2, 0) is 6.54 Å². The highest BCUT2D eigenvalue weighted by molar-refractivity contribution is 9.10. The van der Waals surface area contributed by atoms with E-state index in [1.54, 1.807) is 12.1 Å². The number of hydrogen-bond donors (Lipinski definition) is 1. The summed E-state index contributed by atoms with van der Waals surface area (Å²) in [5, 5.41) is 11.6. The van der Waals surface area contributed by atoms with E-state index >= 15 is 0 Å². The van der Waals surface area contributed by atoms with Crippen molar-refractivity contribution in [1.29, 1.82) is 0 Å². The van der Waals surface area contributed by atoms with E-state index in [0.717, 1.165) is 51.6 Å². The molecule has 1 atom stereocenters. The molecule has 1 amide bonds. The number of nitrogens with one attached hydrogen (secondary N) is 1. The van der Waals surface area contributed by atoms with E-state index in [1.165, 1.54) is 5.39 Å². The number of para-hydroxylation sites is 1. The van der Waals surface area contributed by atoms with E-state index in [0.29, 0.717) is 30.7 Å². The molecule has 0 saturated carbocycles. The van der Waals surface area contributed by atoms with Crippen molar-refractivity contribution in [3.63, 3.8) is 0 Å². The summed E-state index contributed by atoms with van der Waals surface area (Å²) < 4.78 is 5.06. The molecule has 1 saturated heterocycles. The minimum Gasteiger partial charge on any atom is -0.337 e. The monoisotopic (exact) mass is 620 g/mol. The van der Waals surface area contributed by atoms with E-state index < -0.39 is 0 Å². The molecular weight excluding hydrogens is 592 g/mol. The first-order valence-corrected chi connectivity index (χ1v) is 15.0. The normalized spacial score (nSPS) is 15.7. The van der Waals surface area contributed by atoms with Gasteiger partial charge in [-0.05, 0) is 55.2 Å². The van der Waals surface area contributed by atoms with Gasteiger partial charge < -0.3 is 14.5 Å². The third-order valence-corrected chi connectivity index (χ3v) is 8.87. The predicted octanol–water partition coefficient (Wildman–Crippen LogP) is 6.42. The van der Waals surface area contributed by atoms with Gasteiger partial charge in [-0.1, -0.05) is 75.7 Å². The summed E-state index contributed by atoms with van der Waals surface area (Å²) in [7, 11) is 0. The molecule has 42 heavy (non-hydrogen) atoms. The number of pyridine rings is 1. The molecule has 4 heterocycles. The van der Waals surface area contributed by atoms with Crippen LogP contribution in [0.4, 0.5) is 0 Å². The molecule has 7 rings (SSSR count). The van der Waals surface area contributed by atoms with Crippen LogP contribution >= 0.6 is 15.9 Å². The van der Waals surface area contributed by atoms with Gasteiger partial charge in [-0.3, -0.25) is 9.59 Å². The fourth-order valence-electron chi connectivity index (χ4n) is 6.04. The maximum Gasteiger partial charge on any atom is 0.270 e. The fraction of sp³-hybridized carbons (Fsp3) is 0.212. The Bertz CT molecular complexity index is 1980. The molecular formula is C33H29BrN6O2. The number of aromatic nitrogens is 5. The first-order valence-electron chi connectivity index (χ1n) is 14.2. The van der Waals surface area contributed by atoms with Crippen molar-refractivity contribution in [3.8, 4) is 11.3 Å². The summed E-state index contributed by atoms with van der Waals surface area (Å²) in [6.07, 6.45) is 4.55. The Hall–Kier alpha value is -4.50. The Morgan fingerprint density at radius 2 is 1.76 bits per heavy atom. The zero-order chi connectivity index (χ0) is 28.6. The molecule has 1 unspecified atom stereocenters. The zero-order valence-corrected chi connectivity index (χ0v) is 24.5. The highest BCUT2D eigenvalue weighted by Gasteiger charge is 2.25. The number of fused-ring (bicyclic) bond motifs is 2. The van der Waals surface area contributed by atoms with Crippen molar-refractivity contribution in [2.75, 3.05) is 13.1 Å². The molecule has 9 heteroatoms. The van der Waals surface area contributed by atoms with Gasteiger partial charge in [0.25, 0.3) is 11.5 Å². The lowest BCUT2D eigenvalue weighted by molar-refractivity contribution is 0.0754. The van der Waals surface area contributed by atoms with Gasteiger partial charge in [0, 0.05) is 44.9 Å². The van der Waals surface area contributed by atoms with Gasteiger partial charge in [-0.15, -0.1) is 5.10 Å². The van der Waals surface area contributed by atoms with E-state index in [4.69, 9.17) is 0 Å². The van der Waals surface area contributed by atoms with Crippen LogP contribution < -0.4 is 5.56 Å². The van der Waals surface area contributed by atoms with Gasteiger partial charge in [-0.2, -0.15) is 0 Å². The Morgan fingerprint density at radius 3 is 2.64 bits per heavy atom. The van der Waals surface area contributed by atoms with E-state index in [1.807, 2.05) is 34.0 Å². The van der Waals surface area contributed by atoms with Crippen molar-refractivity contribution < 1.29 is 4.79 Å². The van der Waals surface area contributed by atoms with Crippen LogP contribution in [0.15, 0.2) is 100 Å². The maximum absolute atomic E-state index is 13.4. The fourth-order valence-corrected chi connectivity index (χ4v) is 6.52. The lowest BCUT2D eigenvalue weighted by Gasteiger charge is -2.20. The quantitative estimate of drug-likeness (QED) is 0.241. The van der Waals surface area contributed by atoms with Crippen LogP contribution in [0.2, 0.25) is 0 Å². The van der Waals surface area contributed by atoms with Crippen LogP contribution in [0.1, 0.15) is 41.5 Å². The van der Waals surface area contributed by atoms with Crippen molar-refractivity contribution in [2.24, 2.45) is 0 Å². The summed E-state index contributed by atoms with van der Waals surface area (Å²) >= 11 is 3.51. The molecule has 0 radical (unpaired) electrons. The number of carbonyl (C=O) groups is 1. The molecule has 0 aliphatic carbocycles. The summed E-state index contributed by atoms with van der Waals surface area (Å²) in [5.41, 5.74) is 4.42. The number of H-pyrrole nitrogens is 1. The molecule has 1 fully saturated rings. The Morgan fingerprint density at radius 1 is 0.929 bits per heavy atom. The van der Waals surface area contributed by atoms with Crippen LogP contribution in [-0.4, -0.2) is 48.4 Å². The van der Waals surface area contributed by atoms with Crippen molar-refractivity contribution >= 4 is 43.5 Å². The SMILES string of the molecule is O=C(c1cc2c(Br)cccc2c(=O)[nH]1)N1CCCC(n2cc(Cn3c(-c4ccccc4)cc4ccccc43)nn2)CC1.